The van der Waals surface area contributed by atoms with Crippen molar-refractivity contribution < 1.29 is 27.4 Å². The third kappa shape index (κ3) is 4.06. The van der Waals surface area contributed by atoms with Crippen molar-refractivity contribution in [2.45, 2.75) is 17.9 Å². The quantitative estimate of drug-likeness (QED) is 0.595. The molecule has 4 rings (SSSR count). The van der Waals surface area contributed by atoms with Gasteiger partial charge < -0.3 is 14.2 Å². The summed E-state index contributed by atoms with van der Waals surface area (Å²) in [5.74, 6) is -0.0245. The molecule has 0 aliphatic carbocycles. The molecule has 0 saturated heterocycles. The standard InChI is InChI=1S/C21H21N3O6S/c1-28-17-7-6-14-8-11-30-19(14)20(17)31(26,27)23-21(25)15-4-5-16(18(12-15)29-2)13-24-10-3-9-22-24/h3-7,9-10,12H,8,11,13H2,1-2H3,(H,23,25). The average molecular weight is 443 g/mol. The number of benzene rings is 2. The molecule has 0 radical (unpaired) electrons. The monoisotopic (exact) mass is 443 g/mol. The first-order chi connectivity index (χ1) is 14.9. The van der Waals surface area contributed by atoms with Gasteiger partial charge in [0.1, 0.15) is 17.2 Å². The van der Waals surface area contributed by atoms with Gasteiger partial charge in [-0.25, -0.2) is 13.1 Å². The van der Waals surface area contributed by atoms with Crippen LogP contribution in [0.5, 0.6) is 17.2 Å². The van der Waals surface area contributed by atoms with Gasteiger partial charge >= 0.3 is 0 Å². The molecular weight excluding hydrogens is 422 g/mol. The Kier molecular flexibility index (Phi) is 5.55. The van der Waals surface area contributed by atoms with Gasteiger partial charge in [0.05, 0.1) is 27.4 Å². The number of rotatable bonds is 7. The molecule has 9 nitrogen and oxygen atoms in total. The summed E-state index contributed by atoms with van der Waals surface area (Å²) in [5.41, 5.74) is 1.68. The zero-order valence-corrected chi connectivity index (χ0v) is 17.8. The van der Waals surface area contributed by atoms with Gasteiger partial charge in [0.25, 0.3) is 15.9 Å². The second kappa shape index (κ2) is 8.31. The van der Waals surface area contributed by atoms with E-state index < -0.39 is 15.9 Å². The highest BCUT2D eigenvalue weighted by Gasteiger charge is 2.31. The number of nitrogens with zero attached hydrogens (tertiary/aromatic N) is 2. The van der Waals surface area contributed by atoms with E-state index in [4.69, 9.17) is 14.2 Å². The Bertz CT molecular complexity index is 1220. The molecule has 0 fully saturated rings. The fourth-order valence-corrected chi connectivity index (χ4v) is 4.75. The highest BCUT2D eigenvalue weighted by molar-refractivity contribution is 7.90. The molecule has 10 heteroatoms. The minimum atomic E-state index is -4.25. The van der Waals surface area contributed by atoms with E-state index in [2.05, 4.69) is 9.82 Å². The van der Waals surface area contributed by atoms with Crippen LogP contribution in [0.1, 0.15) is 21.5 Å². The first-order valence-electron chi connectivity index (χ1n) is 9.47. The van der Waals surface area contributed by atoms with Crippen LogP contribution in [0.4, 0.5) is 0 Å². The fourth-order valence-electron chi connectivity index (χ4n) is 3.44. The topological polar surface area (TPSA) is 109 Å². The van der Waals surface area contributed by atoms with E-state index in [1.165, 1.54) is 26.4 Å². The number of carbonyl (C=O) groups is 1. The molecule has 1 aliphatic rings. The maximum atomic E-state index is 13.1. The van der Waals surface area contributed by atoms with Crippen molar-refractivity contribution in [2.24, 2.45) is 0 Å². The molecule has 0 unspecified atom stereocenters. The Morgan fingerprint density at radius 1 is 1.19 bits per heavy atom. The minimum absolute atomic E-state index is 0.105. The summed E-state index contributed by atoms with van der Waals surface area (Å²) < 4.78 is 46.0. The molecule has 2 heterocycles. The second-order valence-corrected chi connectivity index (χ2v) is 8.47. The number of carbonyl (C=O) groups excluding carboxylic acids is 1. The molecular formula is C21H21N3O6S. The lowest BCUT2D eigenvalue weighted by molar-refractivity contribution is 0.0981. The van der Waals surface area contributed by atoms with E-state index in [9.17, 15) is 13.2 Å². The van der Waals surface area contributed by atoms with Crippen molar-refractivity contribution in [3.63, 3.8) is 0 Å². The van der Waals surface area contributed by atoms with E-state index in [0.29, 0.717) is 25.3 Å². The predicted molar refractivity (Wildman–Crippen MR) is 111 cm³/mol. The zero-order chi connectivity index (χ0) is 22.0. The van der Waals surface area contributed by atoms with Gasteiger partial charge in [0.15, 0.2) is 4.90 Å². The molecule has 0 bridgehead atoms. The van der Waals surface area contributed by atoms with Crippen molar-refractivity contribution in [1.29, 1.82) is 0 Å². The summed E-state index contributed by atoms with van der Waals surface area (Å²) in [6.45, 7) is 0.814. The van der Waals surface area contributed by atoms with Crippen molar-refractivity contribution in [3.05, 3.63) is 65.5 Å². The molecule has 1 N–H and O–H groups in total. The second-order valence-electron chi connectivity index (χ2n) is 6.85. The maximum Gasteiger partial charge on any atom is 0.271 e. The minimum Gasteiger partial charge on any atom is -0.496 e. The average Bonchev–Trinajstić information content (AvgIpc) is 3.44. The van der Waals surface area contributed by atoms with Gasteiger partial charge in [-0.3, -0.25) is 9.48 Å². The van der Waals surface area contributed by atoms with Crippen LogP contribution in [-0.4, -0.2) is 44.9 Å². The largest absolute Gasteiger partial charge is 0.496 e. The first-order valence-corrected chi connectivity index (χ1v) is 11.0. The van der Waals surface area contributed by atoms with Gasteiger partial charge in [-0.2, -0.15) is 5.10 Å². The lowest BCUT2D eigenvalue weighted by Crippen LogP contribution is -2.31. The van der Waals surface area contributed by atoms with Crippen LogP contribution < -0.4 is 18.9 Å². The predicted octanol–water partition coefficient (Wildman–Crippen LogP) is 2.00. The number of hydrogen-bond donors (Lipinski definition) is 1. The summed E-state index contributed by atoms with van der Waals surface area (Å²) in [4.78, 5) is 12.6. The third-order valence-electron chi connectivity index (χ3n) is 4.93. The maximum absolute atomic E-state index is 13.1. The van der Waals surface area contributed by atoms with Crippen molar-refractivity contribution >= 4 is 15.9 Å². The molecule has 162 valence electrons. The number of aromatic nitrogens is 2. The number of nitrogens with one attached hydrogen (secondary N) is 1. The van der Waals surface area contributed by atoms with Crippen molar-refractivity contribution in [3.8, 4) is 17.2 Å². The van der Waals surface area contributed by atoms with Crippen LogP contribution in [0.15, 0.2) is 53.7 Å². The van der Waals surface area contributed by atoms with Gasteiger partial charge in [-0.15, -0.1) is 0 Å². The lowest BCUT2D eigenvalue weighted by Gasteiger charge is -2.15. The van der Waals surface area contributed by atoms with Crippen LogP contribution in [0.25, 0.3) is 0 Å². The Morgan fingerprint density at radius 3 is 2.71 bits per heavy atom. The number of methoxy groups -OCH3 is 2. The van der Waals surface area contributed by atoms with Crippen molar-refractivity contribution in [1.82, 2.24) is 14.5 Å². The van der Waals surface area contributed by atoms with E-state index in [1.54, 1.807) is 41.3 Å². The van der Waals surface area contributed by atoms with Gasteiger partial charge in [0.2, 0.25) is 0 Å². The van der Waals surface area contributed by atoms with Crippen LogP contribution in [-0.2, 0) is 23.0 Å². The molecule has 1 aliphatic heterocycles. The van der Waals surface area contributed by atoms with E-state index in [0.717, 1.165) is 11.1 Å². The molecule has 1 amide bonds. The van der Waals surface area contributed by atoms with Crippen LogP contribution >= 0.6 is 0 Å². The normalized spacial score (nSPS) is 12.7. The Balaban J connectivity index is 1.62. The number of amides is 1. The summed E-state index contributed by atoms with van der Waals surface area (Å²) in [6.07, 6.45) is 4.06. The Morgan fingerprint density at radius 2 is 2.00 bits per heavy atom. The SMILES string of the molecule is COc1cc(C(=O)NS(=O)(=O)c2c(OC)ccc3c2OCC3)ccc1Cn1cccn1. The van der Waals surface area contributed by atoms with Gasteiger partial charge in [-0.05, 0) is 29.8 Å². The van der Waals surface area contributed by atoms with Crippen LogP contribution in [0.3, 0.4) is 0 Å². The molecule has 2 aromatic carbocycles. The number of ether oxygens (including phenoxy) is 3. The molecule has 1 aromatic heterocycles. The van der Waals surface area contributed by atoms with E-state index in [-0.39, 0.29) is 22.0 Å². The van der Waals surface area contributed by atoms with Crippen LogP contribution in [0, 0.1) is 0 Å². The van der Waals surface area contributed by atoms with Crippen molar-refractivity contribution in [2.75, 3.05) is 20.8 Å². The summed E-state index contributed by atoms with van der Waals surface area (Å²) >= 11 is 0. The highest BCUT2D eigenvalue weighted by Crippen LogP contribution is 2.39. The van der Waals surface area contributed by atoms with Crippen LogP contribution in [0.2, 0.25) is 0 Å². The third-order valence-corrected chi connectivity index (χ3v) is 6.31. The first kappa shape index (κ1) is 20.7. The lowest BCUT2D eigenvalue weighted by atomic mass is 10.1. The highest BCUT2D eigenvalue weighted by atomic mass is 32.2. The summed E-state index contributed by atoms with van der Waals surface area (Å²) in [5, 5.41) is 4.15. The fraction of sp³-hybridized carbons (Fsp3) is 0.238. The smallest absolute Gasteiger partial charge is 0.271 e. The number of hydrogen-bond acceptors (Lipinski definition) is 7. The molecule has 0 atom stereocenters. The summed E-state index contributed by atoms with van der Waals surface area (Å²) in [6, 6.07) is 9.84. The van der Waals surface area contributed by atoms with Gasteiger partial charge in [-0.1, -0.05) is 12.1 Å². The number of sulfonamides is 1. The Labute approximate surface area is 179 Å². The zero-order valence-electron chi connectivity index (χ0n) is 17.0. The summed E-state index contributed by atoms with van der Waals surface area (Å²) in [7, 11) is -1.41. The van der Waals surface area contributed by atoms with Gasteiger partial charge in [0, 0.05) is 29.9 Å². The molecule has 3 aromatic rings. The number of fused-ring (bicyclic) bond motifs is 1. The molecule has 31 heavy (non-hydrogen) atoms. The molecule has 0 saturated carbocycles. The Hall–Kier alpha value is -3.53. The van der Waals surface area contributed by atoms with E-state index >= 15 is 0 Å². The molecule has 0 spiro atoms. The van der Waals surface area contributed by atoms with E-state index in [1.807, 2.05) is 0 Å².